The maximum atomic E-state index is 11.5. The predicted molar refractivity (Wildman–Crippen MR) is 75.5 cm³/mol. The Hall–Kier alpha value is -1.35. The average Bonchev–Trinajstić information content (AvgIpc) is 2.31. The standard InChI is InChI=1S/C15H24N2O/c1-11(2)8-17-15(18)10-16-9-14-6-5-12(3)13(4)7-14/h5-7,11,16H,8-10H2,1-4H3,(H,17,18). The van der Waals surface area contributed by atoms with Crippen molar-refractivity contribution in [1.82, 2.24) is 10.6 Å². The molecule has 0 aromatic heterocycles. The van der Waals surface area contributed by atoms with Crippen molar-refractivity contribution in [3.8, 4) is 0 Å². The van der Waals surface area contributed by atoms with Gasteiger partial charge in [0.15, 0.2) is 0 Å². The summed E-state index contributed by atoms with van der Waals surface area (Å²) in [5, 5.41) is 6.05. The fourth-order valence-electron chi connectivity index (χ4n) is 1.61. The molecule has 0 heterocycles. The van der Waals surface area contributed by atoms with Gasteiger partial charge in [-0.05, 0) is 36.5 Å². The first kappa shape index (κ1) is 14.7. The number of nitrogens with one attached hydrogen (secondary N) is 2. The minimum absolute atomic E-state index is 0.0625. The van der Waals surface area contributed by atoms with Gasteiger partial charge in [0, 0.05) is 13.1 Å². The molecule has 1 aromatic rings. The fourth-order valence-corrected chi connectivity index (χ4v) is 1.61. The topological polar surface area (TPSA) is 41.1 Å². The molecule has 0 radical (unpaired) electrons. The van der Waals surface area contributed by atoms with E-state index in [-0.39, 0.29) is 5.91 Å². The number of hydrogen-bond acceptors (Lipinski definition) is 2. The first-order valence-electron chi connectivity index (χ1n) is 6.52. The van der Waals surface area contributed by atoms with E-state index in [4.69, 9.17) is 0 Å². The van der Waals surface area contributed by atoms with Crippen LogP contribution in [0.5, 0.6) is 0 Å². The van der Waals surface area contributed by atoms with E-state index in [1.54, 1.807) is 0 Å². The van der Waals surface area contributed by atoms with Crippen LogP contribution in [-0.2, 0) is 11.3 Å². The Balaban J connectivity index is 2.28. The number of carbonyl (C=O) groups is 1. The van der Waals surface area contributed by atoms with Crippen LogP contribution in [-0.4, -0.2) is 19.0 Å². The van der Waals surface area contributed by atoms with Gasteiger partial charge in [0.2, 0.25) is 5.91 Å². The van der Waals surface area contributed by atoms with E-state index in [0.717, 1.165) is 13.1 Å². The molecular formula is C15H24N2O. The SMILES string of the molecule is Cc1ccc(CNCC(=O)NCC(C)C)cc1C. The van der Waals surface area contributed by atoms with Gasteiger partial charge >= 0.3 is 0 Å². The van der Waals surface area contributed by atoms with Crippen LogP contribution in [0.3, 0.4) is 0 Å². The third-order valence-corrected chi connectivity index (χ3v) is 2.89. The van der Waals surface area contributed by atoms with E-state index in [2.05, 4.69) is 56.5 Å². The van der Waals surface area contributed by atoms with Crippen molar-refractivity contribution in [2.45, 2.75) is 34.2 Å². The normalized spacial score (nSPS) is 10.7. The number of aryl methyl sites for hydroxylation is 2. The molecule has 1 aromatic carbocycles. The molecule has 0 spiro atoms. The minimum atomic E-state index is 0.0625. The van der Waals surface area contributed by atoms with Crippen molar-refractivity contribution in [2.75, 3.05) is 13.1 Å². The smallest absolute Gasteiger partial charge is 0.233 e. The van der Waals surface area contributed by atoms with E-state index in [1.807, 2.05) is 0 Å². The van der Waals surface area contributed by atoms with Crippen LogP contribution in [0.25, 0.3) is 0 Å². The summed E-state index contributed by atoms with van der Waals surface area (Å²) in [4.78, 5) is 11.5. The van der Waals surface area contributed by atoms with Gasteiger partial charge in [-0.15, -0.1) is 0 Å². The van der Waals surface area contributed by atoms with E-state index >= 15 is 0 Å². The number of benzene rings is 1. The van der Waals surface area contributed by atoms with E-state index in [1.165, 1.54) is 16.7 Å². The maximum absolute atomic E-state index is 11.5. The van der Waals surface area contributed by atoms with E-state index in [0.29, 0.717) is 12.5 Å². The number of carbonyl (C=O) groups excluding carboxylic acids is 1. The van der Waals surface area contributed by atoms with E-state index in [9.17, 15) is 4.79 Å². The highest BCUT2D eigenvalue weighted by Gasteiger charge is 2.02. The summed E-state index contributed by atoms with van der Waals surface area (Å²) in [5.74, 6) is 0.557. The van der Waals surface area contributed by atoms with Crippen molar-refractivity contribution >= 4 is 5.91 Å². The molecule has 0 bridgehead atoms. The molecule has 0 fully saturated rings. The van der Waals surface area contributed by atoms with Crippen LogP contribution >= 0.6 is 0 Å². The zero-order chi connectivity index (χ0) is 13.5. The molecule has 18 heavy (non-hydrogen) atoms. The number of hydrogen-bond donors (Lipinski definition) is 2. The zero-order valence-electron chi connectivity index (χ0n) is 11.8. The van der Waals surface area contributed by atoms with Crippen molar-refractivity contribution < 1.29 is 4.79 Å². The molecule has 3 nitrogen and oxygen atoms in total. The molecule has 100 valence electrons. The van der Waals surface area contributed by atoms with Crippen LogP contribution < -0.4 is 10.6 Å². The van der Waals surface area contributed by atoms with Gasteiger partial charge in [-0.2, -0.15) is 0 Å². The molecule has 0 atom stereocenters. The van der Waals surface area contributed by atoms with Gasteiger partial charge in [0.25, 0.3) is 0 Å². The summed E-state index contributed by atoms with van der Waals surface area (Å²) in [5.41, 5.74) is 3.81. The number of rotatable bonds is 6. The lowest BCUT2D eigenvalue weighted by Gasteiger charge is -2.09. The third kappa shape index (κ3) is 5.32. The molecule has 3 heteroatoms. The Morgan fingerprint density at radius 1 is 1.22 bits per heavy atom. The van der Waals surface area contributed by atoms with Crippen LogP contribution in [0.4, 0.5) is 0 Å². The predicted octanol–water partition coefficient (Wildman–Crippen LogP) is 2.17. The van der Waals surface area contributed by atoms with Gasteiger partial charge in [0.1, 0.15) is 0 Å². The summed E-state index contributed by atoms with van der Waals surface area (Å²) >= 11 is 0. The maximum Gasteiger partial charge on any atom is 0.233 e. The van der Waals surface area contributed by atoms with Crippen molar-refractivity contribution in [1.29, 1.82) is 0 Å². The van der Waals surface area contributed by atoms with Crippen LogP contribution in [0, 0.1) is 19.8 Å². The third-order valence-electron chi connectivity index (χ3n) is 2.89. The molecule has 0 unspecified atom stereocenters. The second kappa shape index (κ2) is 7.17. The highest BCUT2D eigenvalue weighted by molar-refractivity contribution is 5.77. The molecule has 0 aliphatic heterocycles. The average molecular weight is 248 g/mol. The van der Waals surface area contributed by atoms with Crippen molar-refractivity contribution in [2.24, 2.45) is 5.92 Å². The summed E-state index contributed by atoms with van der Waals surface area (Å²) in [6, 6.07) is 6.38. The Kier molecular flexibility index (Phi) is 5.86. The van der Waals surface area contributed by atoms with Crippen LogP contribution in [0.1, 0.15) is 30.5 Å². The monoisotopic (exact) mass is 248 g/mol. The first-order chi connectivity index (χ1) is 8.49. The summed E-state index contributed by atoms with van der Waals surface area (Å²) < 4.78 is 0. The molecule has 0 saturated heterocycles. The van der Waals surface area contributed by atoms with Gasteiger partial charge in [0.05, 0.1) is 6.54 Å². The highest BCUT2D eigenvalue weighted by atomic mass is 16.1. The zero-order valence-corrected chi connectivity index (χ0v) is 11.8. The van der Waals surface area contributed by atoms with Crippen LogP contribution in [0.15, 0.2) is 18.2 Å². The Labute approximate surface area is 110 Å². The largest absolute Gasteiger partial charge is 0.355 e. The quantitative estimate of drug-likeness (QED) is 0.810. The van der Waals surface area contributed by atoms with Crippen LogP contribution in [0.2, 0.25) is 0 Å². The van der Waals surface area contributed by atoms with Gasteiger partial charge in [-0.1, -0.05) is 32.0 Å². The number of amides is 1. The summed E-state index contributed by atoms with van der Waals surface area (Å²) in [7, 11) is 0. The summed E-state index contributed by atoms with van der Waals surface area (Å²) in [6.45, 7) is 10.2. The lowest BCUT2D eigenvalue weighted by atomic mass is 10.1. The van der Waals surface area contributed by atoms with Gasteiger partial charge < -0.3 is 10.6 Å². The molecule has 1 rings (SSSR count). The molecule has 0 aliphatic rings. The summed E-state index contributed by atoms with van der Waals surface area (Å²) in [6.07, 6.45) is 0. The highest BCUT2D eigenvalue weighted by Crippen LogP contribution is 2.09. The van der Waals surface area contributed by atoms with E-state index < -0.39 is 0 Å². The van der Waals surface area contributed by atoms with Crippen molar-refractivity contribution in [3.05, 3.63) is 34.9 Å². The minimum Gasteiger partial charge on any atom is -0.355 e. The fraction of sp³-hybridized carbons (Fsp3) is 0.533. The molecule has 1 amide bonds. The lowest BCUT2D eigenvalue weighted by molar-refractivity contribution is -0.120. The van der Waals surface area contributed by atoms with Gasteiger partial charge in [-0.25, -0.2) is 0 Å². The first-order valence-corrected chi connectivity index (χ1v) is 6.52. The molecular weight excluding hydrogens is 224 g/mol. The Morgan fingerprint density at radius 3 is 2.56 bits per heavy atom. The second-order valence-corrected chi connectivity index (χ2v) is 5.22. The Bertz CT molecular complexity index is 399. The molecule has 0 saturated carbocycles. The van der Waals surface area contributed by atoms with Crippen molar-refractivity contribution in [3.63, 3.8) is 0 Å². The Morgan fingerprint density at radius 2 is 1.94 bits per heavy atom. The lowest BCUT2D eigenvalue weighted by Crippen LogP contribution is -2.35. The molecule has 2 N–H and O–H groups in total. The molecule has 0 aliphatic carbocycles. The second-order valence-electron chi connectivity index (χ2n) is 5.22. The van der Waals surface area contributed by atoms with Gasteiger partial charge in [-0.3, -0.25) is 4.79 Å².